The van der Waals surface area contributed by atoms with Crippen molar-refractivity contribution in [3.8, 4) is 5.75 Å². The topological polar surface area (TPSA) is 92.9 Å². The number of aryl methyl sites for hydroxylation is 1. The van der Waals surface area contributed by atoms with Crippen molar-refractivity contribution in [3.63, 3.8) is 0 Å². The number of amides is 1. The van der Waals surface area contributed by atoms with Crippen LogP contribution in [0.4, 0.5) is 10.2 Å². The van der Waals surface area contributed by atoms with Gasteiger partial charge in [0.05, 0.1) is 18.2 Å². The molecule has 1 amide bonds. The third-order valence-corrected chi connectivity index (χ3v) is 4.93. The summed E-state index contributed by atoms with van der Waals surface area (Å²) < 4.78 is 24.0. The molecule has 158 valence electrons. The molecule has 1 aromatic heterocycles. The summed E-state index contributed by atoms with van der Waals surface area (Å²) in [4.78, 5) is 27.0. The Hall–Kier alpha value is -3.94. The van der Waals surface area contributed by atoms with Crippen molar-refractivity contribution in [1.29, 1.82) is 0 Å². The van der Waals surface area contributed by atoms with Crippen LogP contribution in [0, 0.1) is 12.7 Å². The van der Waals surface area contributed by atoms with Crippen LogP contribution in [0.25, 0.3) is 5.76 Å². The Morgan fingerprint density at radius 3 is 2.42 bits per heavy atom. The molecule has 8 heteroatoms. The SMILES string of the molecule is CCOc1ccc(/C(O)=C2\C(=O)C(=O)N(c3cc(C)on3)C2c2ccc(F)cc2)cc1. The number of hydrogen-bond donors (Lipinski definition) is 1. The Bertz CT molecular complexity index is 1170. The maximum absolute atomic E-state index is 13.5. The number of carbonyl (C=O) groups excluding carboxylic acids is 2. The highest BCUT2D eigenvalue weighted by Crippen LogP contribution is 2.42. The van der Waals surface area contributed by atoms with Gasteiger partial charge in [-0.05, 0) is 55.8 Å². The summed E-state index contributed by atoms with van der Waals surface area (Å²) in [7, 11) is 0. The maximum Gasteiger partial charge on any atom is 0.301 e. The Morgan fingerprint density at radius 2 is 1.84 bits per heavy atom. The largest absolute Gasteiger partial charge is 0.507 e. The first-order valence-electron chi connectivity index (χ1n) is 9.63. The van der Waals surface area contributed by atoms with Crippen molar-refractivity contribution in [2.45, 2.75) is 19.9 Å². The smallest absolute Gasteiger partial charge is 0.301 e. The van der Waals surface area contributed by atoms with Gasteiger partial charge in [0, 0.05) is 11.6 Å². The van der Waals surface area contributed by atoms with Crippen molar-refractivity contribution >= 4 is 23.3 Å². The quantitative estimate of drug-likeness (QED) is 0.377. The number of benzene rings is 2. The van der Waals surface area contributed by atoms with Crippen LogP contribution in [0.5, 0.6) is 5.75 Å². The number of ketones is 1. The van der Waals surface area contributed by atoms with Crippen molar-refractivity contribution in [1.82, 2.24) is 5.16 Å². The van der Waals surface area contributed by atoms with Gasteiger partial charge in [-0.15, -0.1) is 0 Å². The molecule has 1 N–H and O–H groups in total. The molecule has 2 heterocycles. The number of nitrogens with zero attached hydrogens (tertiary/aromatic N) is 2. The normalized spacial score (nSPS) is 17.9. The number of halogens is 1. The molecule has 2 aromatic carbocycles. The predicted molar refractivity (Wildman–Crippen MR) is 110 cm³/mol. The molecule has 31 heavy (non-hydrogen) atoms. The van der Waals surface area contributed by atoms with E-state index < -0.39 is 23.5 Å². The Morgan fingerprint density at radius 1 is 1.16 bits per heavy atom. The van der Waals surface area contributed by atoms with Crippen LogP contribution in [0.3, 0.4) is 0 Å². The van der Waals surface area contributed by atoms with Crippen molar-refractivity contribution in [2.24, 2.45) is 0 Å². The summed E-state index contributed by atoms with van der Waals surface area (Å²) in [5.41, 5.74) is 0.653. The number of rotatable bonds is 5. The number of aliphatic hydroxyl groups is 1. The lowest BCUT2D eigenvalue weighted by atomic mass is 9.95. The highest BCUT2D eigenvalue weighted by Gasteiger charge is 2.48. The van der Waals surface area contributed by atoms with Gasteiger partial charge in [-0.3, -0.25) is 14.5 Å². The van der Waals surface area contributed by atoms with Gasteiger partial charge in [-0.25, -0.2) is 4.39 Å². The summed E-state index contributed by atoms with van der Waals surface area (Å²) in [6.45, 7) is 3.99. The Kier molecular flexibility index (Phi) is 5.29. The second-order valence-corrected chi connectivity index (χ2v) is 6.97. The number of Topliss-reactive ketones (excluding diaryl/α,β-unsaturated/α-hetero) is 1. The lowest BCUT2D eigenvalue weighted by Gasteiger charge is -2.22. The van der Waals surface area contributed by atoms with Crippen molar-refractivity contribution in [3.05, 3.63) is 82.9 Å². The van der Waals surface area contributed by atoms with E-state index in [0.29, 0.717) is 29.2 Å². The fraction of sp³-hybridized carbons (Fsp3) is 0.174. The molecule has 0 radical (unpaired) electrons. The van der Waals surface area contributed by atoms with Gasteiger partial charge in [0.15, 0.2) is 5.82 Å². The van der Waals surface area contributed by atoms with Gasteiger partial charge in [0.1, 0.15) is 23.1 Å². The van der Waals surface area contributed by atoms with E-state index in [1.807, 2.05) is 6.92 Å². The monoisotopic (exact) mass is 422 g/mol. The van der Waals surface area contributed by atoms with Crippen LogP contribution < -0.4 is 9.64 Å². The fourth-order valence-electron chi connectivity index (χ4n) is 3.53. The fourth-order valence-corrected chi connectivity index (χ4v) is 3.53. The van der Waals surface area contributed by atoms with E-state index in [0.717, 1.165) is 4.90 Å². The van der Waals surface area contributed by atoms with Gasteiger partial charge in [-0.2, -0.15) is 0 Å². The number of aromatic nitrogens is 1. The third kappa shape index (κ3) is 3.68. The lowest BCUT2D eigenvalue weighted by Crippen LogP contribution is -2.29. The van der Waals surface area contributed by atoms with E-state index in [9.17, 15) is 19.1 Å². The summed E-state index contributed by atoms with van der Waals surface area (Å²) in [6, 6.07) is 12.4. The van der Waals surface area contributed by atoms with E-state index >= 15 is 0 Å². The van der Waals surface area contributed by atoms with Crippen LogP contribution in [0.15, 0.2) is 64.7 Å². The number of aliphatic hydroxyl groups excluding tert-OH is 1. The number of carbonyl (C=O) groups is 2. The molecule has 0 aliphatic carbocycles. The molecule has 0 spiro atoms. The van der Waals surface area contributed by atoms with Gasteiger partial charge >= 0.3 is 5.91 Å². The average molecular weight is 422 g/mol. The molecular weight excluding hydrogens is 403 g/mol. The number of anilines is 1. The van der Waals surface area contributed by atoms with Crippen LogP contribution in [-0.2, 0) is 9.59 Å². The van der Waals surface area contributed by atoms with E-state index in [2.05, 4.69) is 5.16 Å². The summed E-state index contributed by atoms with van der Waals surface area (Å²) in [6.07, 6.45) is 0. The third-order valence-electron chi connectivity index (χ3n) is 4.93. The summed E-state index contributed by atoms with van der Waals surface area (Å²) in [5, 5.41) is 14.9. The first kappa shape index (κ1) is 20.3. The molecule has 0 saturated carbocycles. The first-order chi connectivity index (χ1) is 14.9. The minimum atomic E-state index is -1.00. The Labute approximate surface area is 177 Å². The highest BCUT2D eigenvalue weighted by atomic mass is 19.1. The van der Waals surface area contributed by atoms with Crippen LogP contribution in [-0.4, -0.2) is 28.6 Å². The summed E-state index contributed by atoms with van der Waals surface area (Å²) >= 11 is 0. The number of ether oxygens (including phenoxy) is 1. The molecule has 1 aliphatic rings. The van der Waals surface area contributed by atoms with Gasteiger partial charge in [0.25, 0.3) is 5.78 Å². The molecule has 3 aromatic rings. The maximum atomic E-state index is 13.5. The van der Waals surface area contributed by atoms with Crippen molar-refractivity contribution in [2.75, 3.05) is 11.5 Å². The first-order valence-corrected chi connectivity index (χ1v) is 9.63. The molecule has 1 atom stereocenters. The van der Waals surface area contributed by atoms with Crippen molar-refractivity contribution < 1.29 is 28.3 Å². The van der Waals surface area contributed by atoms with E-state index in [-0.39, 0.29) is 17.2 Å². The van der Waals surface area contributed by atoms with Gasteiger partial charge in [-0.1, -0.05) is 17.3 Å². The second kappa shape index (κ2) is 8.06. The Balaban J connectivity index is 1.87. The number of hydrogen-bond acceptors (Lipinski definition) is 6. The zero-order chi connectivity index (χ0) is 22.1. The zero-order valence-electron chi connectivity index (χ0n) is 16.8. The standard InChI is InChI=1S/C23H19FN2O5/c1-3-30-17-10-6-15(7-11-17)21(27)19-20(14-4-8-16(24)9-5-14)26(23(29)22(19)28)18-12-13(2)31-25-18/h4-12,20,27H,3H2,1-2H3/b21-19+. The summed E-state index contributed by atoms with van der Waals surface area (Å²) in [5.74, 6) is -1.38. The van der Waals surface area contributed by atoms with E-state index in [1.165, 1.54) is 30.3 Å². The minimum Gasteiger partial charge on any atom is -0.507 e. The molecule has 4 rings (SSSR count). The van der Waals surface area contributed by atoms with E-state index in [4.69, 9.17) is 9.26 Å². The minimum absolute atomic E-state index is 0.124. The van der Waals surface area contributed by atoms with Gasteiger partial charge < -0.3 is 14.4 Å². The molecule has 1 aliphatic heterocycles. The van der Waals surface area contributed by atoms with E-state index in [1.54, 1.807) is 31.2 Å². The van der Waals surface area contributed by atoms with Crippen LogP contribution in [0.2, 0.25) is 0 Å². The second-order valence-electron chi connectivity index (χ2n) is 6.97. The highest BCUT2D eigenvalue weighted by molar-refractivity contribution is 6.51. The average Bonchev–Trinajstić information content (AvgIpc) is 3.30. The molecular formula is C23H19FN2O5. The van der Waals surface area contributed by atoms with Crippen LogP contribution in [0.1, 0.15) is 29.9 Å². The van der Waals surface area contributed by atoms with Gasteiger partial charge in [0.2, 0.25) is 0 Å². The molecule has 1 unspecified atom stereocenters. The zero-order valence-corrected chi connectivity index (χ0v) is 16.8. The molecule has 1 fully saturated rings. The lowest BCUT2D eigenvalue weighted by molar-refractivity contribution is -0.132. The molecule has 0 bridgehead atoms. The van der Waals surface area contributed by atoms with Crippen LogP contribution >= 0.6 is 0 Å². The predicted octanol–water partition coefficient (Wildman–Crippen LogP) is 4.15. The molecule has 1 saturated heterocycles. The molecule has 7 nitrogen and oxygen atoms in total.